The molecule has 1 aliphatic heterocycles. The molecule has 1 rings (SSSR count). The predicted molar refractivity (Wildman–Crippen MR) is 31.3 cm³/mol. The summed E-state index contributed by atoms with van der Waals surface area (Å²) in [5.74, 6) is 1.71. The summed E-state index contributed by atoms with van der Waals surface area (Å²) >= 11 is 0. The molecule has 0 aromatic heterocycles. The molecule has 3 heteroatoms. The van der Waals surface area contributed by atoms with Gasteiger partial charge in [0.05, 0.1) is 0 Å². The summed E-state index contributed by atoms with van der Waals surface area (Å²) in [5, 5.41) is 2.78. The quantitative estimate of drug-likeness (QED) is 0.466. The minimum Gasteiger partial charge on any atom is -0.303 e. The minimum atomic E-state index is -0.484. The highest BCUT2D eigenvalue weighted by atomic mass is 16.1. The fourth-order valence-electron chi connectivity index (χ4n) is 0.841. The molecular weight excluding hydrogens is 118 g/mol. The maximum Gasteiger partial charge on any atom is 0.222 e. The molecule has 1 saturated heterocycles. The summed E-state index contributed by atoms with van der Waals surface area (Å²) in [6, 6.07) is -0.484. The van der Waals surface area contributed by atoms with Crippen molar-refractivity contribution in [2.24, 2.45) is 0 Å². The molecule has 1 heterocycles. The smallest absolute Gasteiger partial charge is 0.222 e. The van der Waals surface area contributed by atoms with Crippen LogP contribution in [0, 0.1) is 0 Å². The zero-order valence-electron chi connectivity index (χ0n) is 4.81. The van der Waals surface area contributed by atoms with Crippen LogP contribution in [0.25, 0.3) is 0 Å². The Morgan fingerprint density at radius 2 is 2.33 bits per heavy atom. The molecule has 0 bridgehead atoms. The number of hydrogen-bond donors (Lipinski definition) is 1. The van der Waals surface area contributed by atoms with Crippen LogP contribution in [-0.2, 0) is 9.59 Å². The molecule has 1 radical (unpaired) electrons. The van der Waals surface area contributed by atoms with E-state index in [2.05, 4.69) is 5.32 Å². The van der Waals surface area contributed by atoms with Crippen LogP contribution < -0.4 is 5.32 Å². The molecule has 0 amide bonds. The fraction of sp³-hybridized carbons (Fsp3) is 0.500. The van der Waals surface area contributed by atoms with Crippen LogP contribution in [-0.4, -0.2) is 24.8 Å². The zero-order valence-corrected chi connectivity index (χ0v) is 4.81. The van der Waals surface area contributed by atoms with E-state index in [0.29, 0.717) is 18.5 Å². The minimum absolute atomic E-state index is 0.484. The van der Waals surface area contributed by atoms with Gasteiger partial charge in [-0.05, 0) is 6.42 Å². The maximum absolute atomic E-state index is 10.00. The highest BCUT2D eigenvalue weighted by Gasteiger charge is 2.20. The second-order valence-corrected chi connectivity index (χ2v) is 1.88. The highest BCUT2D eigenvalue weighted by molar-refractivity contribution is 5.72. The van der Waals surface area contributed by atoms with Crippen LogP contribution in [0.1, 0.15) is 6.42 Å². The van der Waals surface area contributed by atoms with E-state index in [0.717, 1.165) is 0 Å². The molecule has 0 saturated carbocycles. The number of nitrogens with one attached hydrogen (secondary N) is 1. The van der Waals surface area contributed by atoms with Crippen LogP contribution in [0.4, 0.5) is 0 Å². The SMILES string of the molecule is O=[C][C@H]1NCCC1=C=O. The van der Waals surface area contributed by atoms with Crippen LogP contribution in [0.15, 0.2) is 5.57 Å². The number of carbonyl (C=O) groups excluding carboxylic acids is 2. The number of rotatable bonds is 1. The van der Waals surface area contributed by atoms with Gasteiger partial charge in [-0.1, -0.05) is 0 Å². The van der Waals surface area contributed by atoms with Crippen molar-refractivity contribution in [3.05, 3.63) is 5.57 Å². The zero-order chi connectivity index (χ0) is 6.69. The Labute approximate surface area is 52.7 Å². The Morgan fingerprint density at radius 1 is 1.56 bits per heavy atom. The van der Waals surface area contributed by atoms with Gasteiger partial charge in [-0.25, -0.2) is 4.79 Å². The Bertz CT molecular complexity index is 170. The lowest BCUT2D eigenvalue weighted by Gasteiger charge is -1.94. The summed E-state index contributed by atoms with van der Waals surface area (Å²) in [4.78, 5) is 20.0. The summed E-state index contributed by atoms with van der Waals surface area (Å²) in [6.45, 7) is 0.685. The topological polar surface area (TPSA) is 46.2 Å². The van der Waals surface area contributed by atoms with E-state index in [1.807, 2.05) is 0 Å². The third kappa shape index (κ3) is 1.07. The molecule has 1 N–H and O–H groups in total. The average molecular weight is 124 g/mol. The van der Waals surface area contributed by atoms with Gasteiger partial charge in [-0.2, -0.15) is 0 Å². The molecule has 47 valence electrons. The lowest BCUT2D eigenvalue weighted by Crippen LogP contribution is -2.23. The van der Waals surface area contributed by atoms with Gasteiger partial charge in [0.1, 0.15) is 12.0 Å². The molecule has 0 unspecified atom stereocenters. The molecule has 1 atom stereocenters. The summed E-state index contributed by atoms with van der Waals surface area (Å²) in [5.41, 5.74) is 0.491. The van der Waals surface area contributed by atoms with Crippen LogP contribution in [0.3, 0.4) is 0 Å². The Kier molecular flexibility index (Phi) is 1.78. The maximum atomic E-state index is 10.00. The van der Waals surface area contributed by atoms with Gasteiger partial charge in [0.2, 0.25) is 6.29 Å². The van der Waals surface area contributed by atoms with Crippen molar-refractivity contribution in [3.8, 4) is 0 Å². The second kappa shape index (κ2) is 2.58. The average Bonchev–Trinajstić information content (AvgIpc) is 2.33. The van der Waals surface area contributed by atoms with Gasteiger partial charge in [-0.3, -0.25) is 4.79 Å². The molecule has 0 spiro atoms. The normalized spacial score (nSPS) is 25.8. The van der Waals surface area contributed by atoms with E-state index in [1.165, 1.54) is 0 Å². The first-order valence-corrected chi connectivity index (χ1v) is 2.73. The molecule has 1 aliphatic rings. The number of hydrogen-bond acceptors (Lipinski definition) is 3. The van der Waals surface area contributed by atoms with E-state index in [-0.39, 0.29) is 0 Å². The second-order valence-electron chi connectivity index (χ2n) is 1.88. The van der Waals surface area contributed by atoms with Crippen molar-refractivity contribution in [1.29, 1.82) is 0 Å². The third-order valence-electron chi connectivity index (χ3n) is 1.34. The van der Waals surface area contributed by atoms with E-state index >= 15 is 0 Å². The van der Waals surface area contributed by atoms with Gasteiger partial charge >= 0.3 is 0 Å². The van der Waals surface area contributed by atoms with Crippen molar-refractivity contribution in [3.63, 3.8) is 0 Å². The van der Waals surface area contributed by atoms with Gasteiger partial charge in [0, 0.05) is 12.1 Å². The predicted octanol–water partition coefficient (Wildman–Crippen LogP) is -0.784. The third-order valence-corrected chi connectivity index (χ3v) is 1.34. The first-order valence-electron chi connectivity index (χ1n) is 2.73. The van der Waals surface area contributed by atoms with Crippen LogP contribution >= 0.6 is 0 Å². The van der Waals surface area contributed by atoms with Crippen molar-refractivity contribution in [2.75, 3.05) is 6.54 Å². The van der Waals surface area contributed by atoms with E-state index in [4.69, 9.17) is 0 Å². The Balaban J connectivity index is 2.73. The van der Waals surface area contributed by atoms with Gasteiger partial charge in [0.15, 0.2) is 0 Å². The fourth-order valence-corrected chi connectivity index (χ4v) is 0.841. The largest absolute Gasteiger partial charge is 0.303 e. The monoisotopic (exact) mass is 124 g/mol. The standard InChI is InChI=1S/C6H6NO2/c8-3-5-1-2-7-6(5)4-9/h6-7H,1-2H2/t6-/m1/s1. The van der Waals surface area contributed by atoms with Crippen LogP contribution in [0.2, 0.25) is 0 Å². The molecule has 0 aromatic carbocycles. The Hall–Kier alpha value is -0.920. The summed E-state index contributed by atoms with van der Waals surface area (Å²) in [7, 11) is 0. The van der Waals surface area contributed by atoms with Crippen LogP contribution in [0.5, 0.6) is 0 Å². The van der Waals surface area contributed by atoms with E-state index in [1.54, 1.807) is 12.2 Å². The van der Waals surface area contributed by atoms with E-state index in [9.17, 15) is 9.59 Å². The van der Waals surface area contributed by atoms with E-state index < -0.39 is 6.04 Å². The first kappa shape index (κ1) is 6.20. The van der Waals surface area contributed by atoms with Crippen molar-refractivity contribution in [1.82, 2.24) is 5.32 Å². The molecule has 0 aromatic rings. The molecule has 1 fully saturated rings. The molecule has 0 aliphatic carbocycles. The molecule has 3 nitrogen and oxygen atoms in total. The summed E-state index contributed by atoms with van der Waals surface area (Å²) < 4.78 is 0. The van der Waals surface area contributed by atoms with Crippen molar-refractivity contribution >= 4 is 12.2 Å². The Morgan fingerprint density at radius 3 is 2.78 bits per heavy atom. The van der Waals surface area contributed by atoms with Gasteiger partial charge in [0.25, 0.3) is 0 Å². The lowest BCUT2D eigenvalue weighted by atomic mass is 10.1. The van der Waals surface area contributed by atoms with Crippen molar-refractivity contribution in [2.45, 2.75) is 12.5 Å². The van der Waals surface area contributed by atoms with Gasteiger partial charge in [-0.15, -0.1) is 0 Å². The van der Waals surface area contributed by atoms with Crippen molar-refractivity contribution < 1.29 is 9.59 Å². The molecule has 9 heavy (non-hydrogen) atoms. The lowest BCUT2D eigenvalue weighted by molar-refractivity contribution is 0.540. The highest BCUT2D eigenvalue weighted by Crippen LogP contribution is 2.07. The summed E-state index contributed by atoms with van der Waals surface area (Å²) in [6.07, 6.45) is 2.33. The van der Waals surface area contributed by atoms with Gasteiger partial charge < -0.3 is 5.32 Å². The first-order chi connectivity index (χ1) is 4.38. The molecular formula is C6H6NO2.